The van der Waals surface area contributed by atoms with Gasteiger partial charge in [0.15, 0.2) is 0 Å². The molecule has 9 heteroatoms. The van der Waals surface area contributed by atoms with Gasteiger partial charge in [0.05, 0.1) is 15.5 Å². The van der Waals surface area contributed by atoms with Gasteiger partial charge in [-0.2, -0.15) is 0 Å². The molecule has 100 valence electrons. The molecule has 2 aromatic rings. The first kappa shape index (κ1) is 13.7. The molecule has 0 radical (unpaired) electrons. The summed E-state index contributed by atoms with van der Waals surface area (Å²) in [5, 5.41) is 18.4. The second kappa shape index (κ2) is 5.93. The van der Waals surface area contributed by atoms with Gasteiger partial charge in [-0.25, -0.2) is 0 Å². The number of hydrogen-bond acceptors (Lipinski definition) is 7. The normalized spacial score (nSPS) is 10.2. The number of anilines is 1. The topological polar surface area (TPSA) is 90.2 Å². The number of halogens is 1. The maximum atomic E-state index is 10.7. The summed E-state index contributed by atoms with van der Waals surface area (Å²) in [6.07, 6.45) is 0. The highest BCUT2D eigenvalue weighted by atomic mass is 79.9. The summed E-state index contributed by atoms with van der Waals surface area (Å²) < 4.78 is 9.98. The fourth-order valence-corrected chi connectivity index (χ4v) is 2.23. The molecule has 1 aromatic carbocycles. The molecule has 2 rings (SSSR count). The lowest BCUT2D eigenvalue weighted by atomic mass is 10.3. The Morgan fingerprint density at radius 3 is 3.05 bits per heavy atom. The monoisotopic (exact) mass is 344 g/mol. The van der Waals surface area contributed by atoms with Crippen molar-refractivity contribution in [1.29, 1.82) is 0 Å². The largest absolute Gasteiger partial charge is 0.486 e. The molecule has 7 nitrogen and oxygen atoms in total. The van der Waals surface area contributed by atoms with Gasteiger partial charge in [0, 0.05) is 24.6 Å². The Morgan fingerprint density at radius 2 is 2.37 bits per heavy atom. The molecule has 0 saturated carbocycles. The van der Waals surface area contributed by atoms with Gasteiger partial charge in [-0.3, -0.25) is 10.1 Å². The van der Waals surface area contributed by atoms with Crippen LogP contribution in [0, 0.1) is 10.1 Å². The summed E-state index contributed by atoms with van der Waals surface area (Å²) in [7, 11) is 1.77. The van der Waals surface area contributed by atoms with Crippen molar-refractivity contribution >= 4 is 38.2 Å². The first-order chi connectivity index (χ1) is 9.11. The maximum Gasteiger partial charge on any atom is 0.273 e. The number of nitro benzene ring substituents is 1. The van der Waals surface area contributed by atoms with Crippen molar-refractivity contribution in [3.63, 3.8) is 0 Å². The molecule has 1 N–H and O–H groups in total. The van der Waals surface area contributed by atoms with Crippen LogP contribution >= 0.6 is 27.5 Å². The van der Waals surface area contributed by atoms with Gasteiger partial charge < -0.3 is 10.1 Å². The van der Waals surface area contributed by atoms with E-state index in [1.807, 2.05) is 0 Å². The lowest BCUT2D eigenvalue weighted by molar-refractivity contribution is -0.385. The molecule has 0 atom stereocenters. The molecule has 0 aliphatic rings. The predicted octanol–water partition coefficient (Wildman–Crippen LogP) is 2.83. The number of nitrogens with zero attached hydrogens (tertiary/aromatic N) is 3. The molecule has 0 unspecified atom stereocenters. The number of ether oxygens (including phenoxy) is 1. The van der Waals surface area contributed by atoms with E-state index in [2.05, 4.69) is 30.8 Å². The highest BCUT2D eigenvalue weighted by Gasteiger charge is 2.12. The zero-order valence-electron chi connectivity index (χ0n) is 9.79. The van der Waals surface area contributed by atoms with Crippen molar-refractivity contribution in [3.05, 3.63) is 38.5 Å². The minimum absolute atomic E-state index is 0.0246. The molecule has 0 saturated heterocycles. The molecule has 0 spiro atoms. The van der Waals surface area contributed by atoms with E-state index in [-0.39, 0.29) is 12.3 Å². The van der Waals surface area contributed by atoms with E-state index in [9.17, 15) is 10.1 Å². The molecule has 0 fully saturated rings. The number of nitrogens with one attached hydrogen (secondary N) is 1. The number of aromatic nitrogens is 2. The summed E-state index contributed by atoms with van der Waals surface area (Å²) in [6.45, 7) is 0.187. The van der Waals surface area contributed by atoms with E-state index in [4.69, 9.17) is 4.74 Å². The van der Waals surface area contributed by atoms with E-state index >= 15 is 0 Å². The summed E-state index contributed by atoms with van der Waals surface area (Å²) in [6, 6.07) is 4.34. The second-order valence-corrected chi connectivity index (χ2v) is 5.07. The SMILES string of the molecule is CNc1snnc1COc1cc([N+](=O)[O-])ccc1Br. The van der Waals surface area contributed by atoms with Crippen LogP contribution in [0.5, 0.6) is 5.75 Å². The van der Waals surface area contributed by atoms with E-state index in [0.717, 1.165) is 5.00 Å². The third-order valence-corrected chi connectivity index (χ3v) is 3.71. The Kier molecular flexibility index (Phi) is 4.27. The minimum Gasteiger partial charge on any atom is -0.486 e. The fraction of sp³-hybridized carbons (Fsp3) is 0.200. The molecular formula is C10H9BrN4O3S. The first-order valence-corrected chi connectivity index (χ1v) is 6.74. The predicted molar refractivity (Wildman–Crippen MR) is 74.6 cm³/mol. The Balaban J connectivity index is 2.15. The highest BCUT2D eigenvalue weighted by molar-refractivity contribution is 9.10. The van der Waals surface area contributed by atoms with Crippen molar-refractivity contribution in [2.45, 2.75) is 6.61 Å². The standard InChI is InChI=1S/C10H9BrN4O3S/c1-12-10-8(13-14-19-10)5-18-9-4-6(15(16)17)2-3-7(9)11/h2-4,12H,5H2,1H3. The van der Waals surface area contributed by atoms with Crippen LogP contribution in [0.1, 0.15) is 5.69 Å². The summed E-state index contributed by atoms with van der Waals surface area (Å²) >= 11 is 4.51. The van der Waals surface area contributed by atoms with Gasteiger partial charge in [-0.15, -0.1) is 5.10 Å². The van der Waals surface area contributed by atoms with E-state index in [1.54, 1.807) is 13.1 Å². The average Bonchev–Trinajstić information content (AvgIpc) is 2.85. The Hall–Kier alpha value is -1.74. The molecule has 19 heavy (non-hydrogen) atoms. The highest BCUT2D eigenvalue weighted by Crippen LogP contribution is 2.30. The number of rotatable bonds is 5. The van der Waals surface area contributed by atoms with Crippen LogP contribution in [0.2, 0.25) is 0 Å². The lowest BCUT2D eigenvalue weighted by Crippen LogP contribution is -2.00. The third kappa shape index (κ3) is 3.18. The van der Waals surface area contributed by atoms with Crippen molar-refractivity contribution in [2.75, 3.05) is 12.4 Å². The average molecular weight is 345 g/mol. The Bertz CT molecular complexity index is 604. The van der Waals surface area contributed by atoms with Crippen LogP contribution < -0.4 is 10.1 Å². The zero-order valence-corrected chi connectivity index (χ0v) is 12.2. The van der Waals surface area contributed by atoms with Gasteiger partial charge in [0.2, 0.25) is 0 Å². The van der Waals surface area contributed by atoms with Gasteiger partial charge in [-0.05, 0) is 22.0 Å². The fourth-order valence-electron chi connectivity index (χ4n) is 1.36. The smallest absolute Gasteiger partial charge is 0.273 e. The number of hydrogen-bond donors (Lipinski definition) is 1. The van der Waals surface area contributed by atoms with Gasteiger partial charge in [-0.1, -0.05) is 4.49 Å². The quantitative estimate of drug-likeness (QED) is 0.662. The minimum atomic E-state index is -0.470. The van der Waals surface area contributed by atoms with Crippen molar-refractivity contribution < 1.29 is 9.66 Å². The molecule has 1 aromatic heterocycles. The number of benzene rings is 1. The Labute approximate surface area is 121 Å². The lowest BCUT2D eigenvalue weighted by Gasteiger charge is -2.07. The van der Waals surface area contributed by atoms with Crippen LogP contribution in [0.15, 0.2) is 22.7 Å². The molecule has 0 aliphatic heterocycles. The third-order valence-electron chi connectivity index (χ3n) is 2.27. The summed E-state index contributed by atoms with van der Waals surface area (Å²) in [5.74, 6) is 0.393. The van der Waals surface area contributed by atoms with E-state index in [0.29, 0.717) is 15.9 Å². The Morgan fingerprint density at radius 1 is 1.58 bits per heavy atom. The van der Waals surface area contributed by atoms with Crippen LogP contribution in [-0.4, -0.2) is 21.6 Å². The van der Waals surface area contributed by atoms with Gasteiger partial charge in [0.25, 0.3) is 5.69 Å². The molecule has 0 amide bonds. The first-order valence-electron chi connectivity index (χ1n) is 5.17. The van der Waals surface area contributed by atoms with Gasteiger partial charge >= 0.3 is 0 Å². The van der Waals surface area contributed by atoms with Crippen molar-refractivity contribution in [1.82, 2.24) is 9.59 Å². The van der Waals surface area contributed by atoms with Crippen LogP contribution in [0.3, 0.4) is 0 Å². The molecular weight excluding hydrogens is 336 g/mol. The van der Waals surface area contributed by atoms with E-state index in [1.165, 1.54) is 23.7 Å². The molecule has 0 bridgehead atoms. The molecule has 1 heterocycles. The zero-order chi connectivity index (χ0) is 13.8. The summed E-state index contributed by atoms with van der Waals surface area (Å²) in [5.41, 5.74) is 0.634. The van der Waals surface area contributed by atoms with E-state index < -0.39 is 4.92 Å². The van der Waals surface area contributed by atoms with Crippen LogP contribution in [0.25, 0.3) is 0 Å². The molecule has 0 aliphatic carbocycles. The van der Waals surface area contributed by atoms with Crippen molar-refractivity contribution in [3.8, 4) is 5.75 Å². The number of nitro groups is 1. The number of non-ortho nitro benzene ring substituents is 1. The maximum absolute atomic E-state index is 10.7. The van der Waals surface area contributed by atoms with Crippen LogP contribution in [0.4, 0.5) is 10.7 Å². The van der Waals surface area contributed by atoms with Crippen LogP contribution in [-0.2, 0) is 6.61 Å². The van der Waals surface area contributed by atoms with Gasteiger partial charge in [0.1, 0.15) is 23.1 Å². The summed E-state index contributed by atoms with van der Waals surface area (Å²) in [4.78, 5) is 10.2. The second-order valence-electron chi connectivity index (χ2n) is 3.46. The van der Waals surface area contributed by atoms with Crippen molar-refractivity contribution in [2.24, 2.45) is 0 Å².